The van der Waals surface area contributed by atoms with Crippen LogP contribution in [0.15, 0.2) is 0 Å². The van der Waals surface area contributed by atoms with E-state index in [1.165, 1.54) is 0 Å². The lowest BCUT2D eigenvalue weighted by molar-refractivity contribution is 0.251. The van der Waals surface area contributed by atoms with Crippen molar-refractivity contribution in [2.24, 2.45) is 0 Å². The van der Waals surface area contributed by atoms with Gasteiger partial charge in [-0.05, 0) is 34.9 Å². The van der Waals surface area contributed by atoms with E-state index in [1.807, 2.05) is 7.05 Å². The molecule has 2 heteroatoms. The first-order valence-electron chi connectivity index (χ1n) is 3.95. The fourth-order valence-electron chi connectivity index (χ4n) is 0.734. The van der Waals surface area contributed by atoms with Crippen LogP contribution in [0, 0.1) is 0 Å². The topological polar surface area (TPSA) is 15.3 Å². The van der Waals surface area contributed by atoms with Gasteiger partial charge in [0.15, 0.2) is 0 Å². The normalized spacial score (nSPS) is 14.7. The summed E-state index contributed by atoms with van der Waals surface area (Å²) in [5.74, 6) is 0. The quantitative estimate of drug-likeness (QED) is 0.631. The van der Waals surface area contributed by atoms with E-state index < -0.39 is 0 Å². The number of nitrogens with one attached hydrogen (secondary N) is 1. The Kier molecular flexibility index (Phi) is 4.65. The molecule has 0 saturated heterocycles. The average molecular weight is 144 g/mol. The van der Waals surface area contributed by atoms with Gasteiger partial charge in [-0.15, -0.1) is 0 Å². The Morgan fingerprint density at radius 3 is 2.10 bits per heavy atom. The molecule has 0 radical (unpaired) electrons. The van der Waals surface area contributed by atoms with Crippen molar-refractivity contribution in [3.63, 3.8) is 0 Å². The molecule has 0 fully saturated rings. The lowest BCUT2D eigenvalue weighted by Crippen LogP contribution is -2.38. The molecule has 0 aromatic rings. The van der Waals surface area contributed by atoms with E-state index in [4.69, 9.17) is 0 Å². The summed E-state index contributed by atoms with van der Waals surface area (Å²) in [6.45, 7) is 7.73. The maximum Gasteiger partial charge on any atom is 0.0163 e. The molecule has 0 aliphatic carbocycles. The van der Waals surface area contributed by atoms with E-state index in [9.17, 15) is 0 Å². The van der Waals surface area contributed by atoms with Crippen LogP contribution in [-0.4, -0.2) is 37.6 Å². The molecule has 0 aliphatic rings. The zero-order chi connectivity index (χ0) is 8.15. The second-order valence-electron chi connectivity index (χ2n) is 3.22. The number of likely N-dealkylation sites (N-methyl/N-ethyl adjacent to an activating group) is 2. The summed E-state index contributed by atoms with van der Waals surface area (Å²) in [4.78, 5) is 2.33. The Morgan fingerprint density at radius 2 is 1.80 bits per heavy atom. The highest BCUT2D eigenvalue weighted by Crippen LogP contribution is 1.94. The molecule has 0 unspecified atom stereocenters. The molecule has 0 bridgehead atoms. The Bertz CT molecular complexity index is 81.3. The van der Waals surface area contributed by atoms with Crippen LogP contribution in [0.1, 0.15) is 20.8 Å². The molecule has 0 heterocycles. The summed E-state index contributed by atoms with van der Waals surface area (Å²) in [6, 6.07) is 1.24. The van der Waals surface area contributed by atoms with Gasteiger partial charge in [0, 0.05) is 18.6 Å². The smallest absolute Gasteiger partial charge is 0.0163 e. The minimum atomic E-state index is 0.590. The van der Waals surface area contributed by atoms with E-state index in [0.29, 0.717) is 12.1 Å². The van der Waals surface area contributed by atoms with E-state index in [-0.39, 0.29) is 0 Å². The first kappa shape index (κ1) is 9.92. The number of hydrogen-bond acceptors (Lipinski definition) is 2. The van der Waals surface area contributed by atoms with E-state index >= 15 is 0 Å². The number of nitrogens with zero attached hydrogens (tertiary/aromatic N) is 1. The highest BCUT2D eigenvalue weighted by molar-refractivity contribution is 4.65. The fraction of sp³-hybridized carbons (Fsp3) is 1.00. The largest absolute Gasteiger partial charge is 0.316 e. The van der Waals surface area contributed by atoms with Gasteiger partial charge in [0.05, 0.1) is 0 Å². The van der Waals surface area contributed by atoms with Gasteiger partial charge in [0.1, 0.15) is 0 Å². The first-order chi connectivity index (χ1) is 4.57. The van der Waals surface area contributed by atoms with Crippen LogP contribution in [0.25, 0.3) is 0 Å². The highest BCUT2D eigenvalue weighted by Gasteiger charge is 2.05. The molecular formula is C8H20N2. The van der Waals surface area contributed by atoms with Crippen molar-refractivity contribution in [1.82, 2.24) is 10.2 Å². The molecule has 0 aliphatic heterocycles. The molecular weight excluding hydrogens is 124 g/mol. The molecule has 10 heavy (non-hydrogen) atoms. The molecule has 1 N–H and O–H groups in total. The van der Waals surface area contributed by atoms with Crippen LogP contribution in [0.2, 0.25) is 0 Å². The molecule has 0 aromatic carbocycles. The maximum atomic E-state index is 3.21. The maximum absolute atomic E-state index is 3.21. The van der Waals surface area contributed by atoms with Crippen molar-refractivity contribution >= 4 is 0 Å². The van der Waals surface area contributed by atoms with E-state index in [2.05, 4.69) is 38.0 Å². The molecule has 2 nitrogen and oxygen atoms in total. The van der Waals surface area contributed by atoms with Crippen LogP contribution >= 0.6 is 0 Å². The molecule has 62 valence electrons. The van der Waals surface area contributed by atoms with Gasteiger partial charge in [0.2, 0.25) is 0 Å². The van der Waals surface area contributed by atoms with Crippen LogP contribution in [0.3, 0.4) is 0 Å². The van der Waals surface area contributed by atoms with Crippen LogP contribution in [0.5, 0.6) is 0 Å². The summed E-state index contributed by atoms with van der Waals surface area (Å²) >= 11 is 0. The average Bonchev–Trinajstić information content (AvgIpc) is 1.87. The number of rotatable bonds is 4. The van der Waals surface area contributed by atoms with Crippen LogP contribution < -0.4 is 5.32 Å². The zero-order valence-corrected chi connectivity index (χ0v) is 7.81. The van der Waals surface area contributed by atoms with Gasteiger partial charge in [-0.1, -0.05) is 0 Å². The third kappa shape index (κ3) is 3.85. The van der Waals surface area contributed by atoms with Gasteiger partial charge in [-0.2, -0.15) is 0 Å². The predicted molar refractivity (Wildman–Crippen MR) is 46.3 cm³/mol. The summed E-state index contributed by atoms with van der Waals surface area (Å²) in [7, 11) is 4.15. The van der Waals surface area contributed by atoms with Crippen LogP contribution in [-0.2, 0) is 0 Å². The van der Waals surface area contributed by atoms with Gasteiger partial charge in [0.25, 0.3) is 0 Å². The summed E-state index contributed by atoms with van der Waals surface area (Å²) in [5.41, 5.74) is 0. The van der Waals surface area contributed by atoms with Gasteiger partial charge in [-0.3, -0.25) is 0 Å². The SMILES string of the molecule is CN[C@H](C)CN(C)C(C)C. The first-order valence-corrected chi connectivity index (χ1v) is 3.95. The Balaban J connectivity index is 3.46. The Hall–Kier alpha value is -0.0800. The van der Waals surface area contributed by atoms with Gasteiger partial charge in [-0.25, -0.2) is 0 Å². The molecule has 1 atom stereocenters. The van der Waals surface area contributed by atoms with Crippen molar-refractivity contribution in [3.8, 4) is 0 Å². The zero-order valence-electron chi connectivity index (χ0n) is 7.81. The van der Waals surface area contributed by atoms with Crippen molar-refractivity contribution in [2.45, 2.75) is 32.9 Å². The minimum Gasteiger partial charge on any atom is -0.316 e. The minimum absolute atomic E-state index is 0.590. The van der Waals surface area contributed by atoms with Crippen molar-refractivity contribution < 1.29 is 0 Å². The van der Waals surface area contributed by atoms with Gasteiger partial charge >= 0.3 is 0 Å². The molecule has 0 aromatic heterocycles. The molecule has 0 saturated carbocycles. The third-order valence-electron chi connectivity index (χ3n) is 1.94. The Labute approximate surface area is 64.6 Å². The number of hydrogen-bond donors (Lipinski definition) is 1. The summed E-state index contributed by atoms with van der Waals surface area (Å²) in [5, 5.41) is 3.21. The van der Waals surface area contributed by atoms with Crippen molar-refractivity contribution in [3.05, 3.63) is 0 Å². The van der Waals surface area contributed by atoms with Crippen LogP contribution in [0.4, 0.5) is 0 Å². The van der Waals surface area contributed by atoms with Gasteiger partial charge < -0.3 is 10.2 Å². The second kappa shape index (κ2) is 4.69. The summed E-state index contributed by atoms with van der Waals surface area (Å²) in [6.07, 6.45) is 0. The van der Waals surface area contributed by atoms with Crippen molar-refractivity contribution in [2.75, 3.05) is 20.6 Å². The standard InChI is InChI=1S/C8H20N2/c1-7(2)10(5)6-8(3)9-4/h7-9H,6H2,1-5H3/t8-/m1/s1. The molecule has 0 amide bonds. The second-order valence-corrected chi connectivity index (χ2v) is 3.22. The van der Waals surface area contributed by atoms with E-state index in [1.54, 1.807) is 0 Å². The Morgan fingerprint density at radius 1 is 1.30 bits per heavy atom. The molecule has 0 rings (SSSR count). The predicted octanol–water partition coefficient (Wildman–Crippen LogP) is 0.934. The lowest BCUT2D eigenvalue weighted by Gasteiger charge is -2.24. The third-order valence-corrected chi connectivity index (χ3v) is 1.94. The lowest BCUT2D eigenvalue weighted by atomic mass is 10.3. The summed E-state index contributed by atoms with van der Waals surface area (Å²) < 4.78 is 0. The fourth-order valence-corrected chi connectivity index (χ4v) is 0.734. The monoisotopic (exact) mass is 144 g/mol. The molecule has 0 spiro atoms. The van der Waals surface area contributed by atoms with E-state index in [0.717, 1.165) is 6.54 Å². The highest BCUT2D eigenvalue weighted by atomic mass is 15.1. The van der Waals surface area contributed by atoms with Crippen molar-refractivity contribution in [1.29, 1.82) is 0 Å².